The summed E-state index contributed by atoms with van der Waals surface area (Å²) in [6.45, 7) is 10.6. The Hall–Kier alpha value is -1.14. The summed E-state index contributed by atoms with van der Waals surface area (Å²) in [5.74, 6) is -0.0297. The van der Waals surface area contributed by atoms with Gasteiger partial charge in [0.15, 0.2) is 0 Å². The van der Waals surface area contributed by atoms with E-state index in [1.54, 1.807) is 0 Å². The highest BCUT2D eigenvalue weighted by Gasteiger charge is 2.14. The molecule has 0 aromatic rings. The van der Waals surface area contributed by atoms with E-state index in [2.05, 4.69) is 25.7 Å². The summed E-state index contributed by atoms with van der Waals surface area (Å²) in [5, 5.41) is 9.37. The first-order chi connectivity index (χ1) is 24.1. The fraction of sp³-hybridized carbons (Fsp3) is 0.953. The lowest BCUT2D eigenvalue weighted by Crippen LogP contribution is -2.28. The molecule has 0 amide bonds. The van der Waals surface area contributed by atoms with E-state index >= 15 is 0 Å². The van der Waals surface area contributed by atoms with Crippen molar-refractivity contribution >= 4 is 11.9 Å². The van der Waals surface area contributed by atoms with Gasteiger partial charge in [-0.05, 0) is 77.3 Å². The Kier molecular flexibility index (Phi) is 38.7. The van der Waals surface area contributed by atoms with E-state index in [1.807, 2.05) is 0 Å². The van der Waals surface area contributed by atoms with E-state index in [0.29, 0.717) is 19.4 Å². The highest BCUT2D eigenvalue weighted by Crippen LogP contribution is 2.18. The number of unbranched alkanes of at least 4 members (excludes halogenated alkanes) is 22. The minimum Gasteiger partial charge on any atom is -0.466 e. The monoisotopic (exact) mass is 696 g/mol. The third-order valence-electron chi connectivity index (χ3n) is 9.91. The van der Waals surface area contributed by atoms with Gasteiger partial charge in [-0.25, -0.2) is 0 Å². The molecular weight excluding hydrogens is 610 g/mol. The van der Waals surface area contributed by atoms with Gasteiger partial charge in [-0.1, -0.05) is 149 Å². The van der Waals surface area contributed by atoms with Crippen LogP contribution in [0.15, 0.2) is 0 Å². The smallest absolute Gasteiger partial charge is 0.306 e. The van der Waals surface area contributed by atoms with Gasteiger partial charge in [-0.3, -0.25) is 9.59 Å². The standard InChI is InChI=1S/C43H85NO5/c1-4-7-10-13-16-23-30-40-48-42(46)34-26-19-21-28-36-44(38-31-39-45)37-29-22-20-27-35-43(47)49-41(32-24-17-14-11-8-5-2)33-25-18-15-12-9-6-3/h41,45H,4-40H2,1-3H3. The summed E-state index contributed by atoms with van der Waals surface area (Å²) in [6.07, 6.45) is 36.6. The van der Waals surface area contributed by atoms with E-state index in [0.717, 1.165) is 103 Å². The number of esters is 2. The molecule has 0 heterocycles. The number of carbonyl (C=O) groups excluding carboxylic acids is 2. The van der Waals surface area contributed by atoms with Crippen LogP contribution in [-0.4, -0.2) is 60.9 Å². The molecule has 0 aromatic heterocycles. The summed E-state index contributed by atoms with van der Waals surface area (Å²) >= 11 is 0. The van der Waals surface area contributed by atoms with Gasteiger partial charge in [-0.2, -0.15) is 0 Å². The van der Waals surface area contributed by atoms with Gasteiger partial charge in [0.2, 0.25) is 0 Å². The quantitative estimate of drug-likeness (QED) is 0.0508. The molecule has 0 aliphatic heterocycles. The van der Waals surface area contributed by atoms with Crippen molar-refractivity contribution in [2.45, 2.75) is 232 Å². The molecule has 1 N–H and O–H groups in total. The maximum absolute atomic E-state index is 12.7. The largest absolute Gasteiger partial charge is 0.466 e. The average Bonchev–Trinajstić information content (AvgIpc) is 3.10. The SMILES string of the molecule is CCCCCCCCCOC(=O)CCCCCCN(CCCO)CCCCCCC(=O)OC(CCCCCCCC)CCCCCCCC. The minimum absolute atomic E-state index is 0.00738. The van der Waals surface area contributed by atoms with Gasteiger partial charge in [0, 0.05) is 26.0 Å². The maximum atomic E-state index is 12.7. The summed E-state index contributed by atoms with van der Waals surface area (Å²) in [7, 11) is 0. The van der Waals surface area contributed by atoms with Crippen LogP contribution < -0.4 is 0 Å². The zero-order valence-electron chi connectivity index (χ0n) is 33.3. The third-order valence-corrected chi connectivity index (χ3v) is 9.91. The maximum Gasteiger partial charge on any atom is 0.306 e. The molecule has 6 nitrogen and oxygen atoms in total. The first-order valence-corrected chi connectivity index (χ1v) is 21.8. The molecule has 292 valence electrons. The lowest BCUT2D eigenvalue weighted by Gasteiger charge is -2.22. The summed E-state index contributed by atoms with van der Waals surface area (Å²) in [6, 6.07) is 0. The molecular formula is C43H85NO5. The van der Waals surface area contributed by atoms with E-state index < -0.39 is 0 Å². The number of hydrogen-bond acceptors (Lipinski definition) is 6. The van der Waals surface area contributed by atoms with Crippen molar-refractivity contribution in [2.75, 3.05) is 32.8 Å². The van der Waals surface area contributed by atoms with Gasteiger partial charge < -0.3 is 19.5 Å². The number of aliphatic hydroxyl groups excluding tert-OH is 1. The molecule has 0 saturated carbocycles. The molecule has 0 aromatic carbocycles. The second kappa shape index (κ2) is 39.6. The van der Waals surface area contributed by atoms with Gasteiger partial charge in [-0.15, -0.1) is 0 Å². The Morgan fingerprint density at radius 2 is 0.857 bits per heavy atom. The predicted octanol–water partition coefficient (Wildman–Crippen LogP) is 12.3. The number of ether oxygens (including phenoxy) is 2. The number of carbonyl (C=O) groups is 2. The van der Waals surface area contributed by atoms with Crippen LogP contribution in [0.2, 0.25) is 0 Å². The Labute approximate surface area is 305 Å². The zero-order valence-corrected chi connectivity index (χ0v) is 33.3. The second-order valence-electron chi connectivity index (χ2n) is 14.8. The van der Waals surface area contributed by atoms with Crippen molar-refractivity contribution in [3.05, 3.63) is 0 Å². The molecule has 0 aliphatic carbocycles. The van der Waals surface area contributed by atoms with E-state index in [9.17, 15) is 14.7 Å². The van der Waals surface area contributed by atoms with Gasteiger partial charge in [0.25, 0.3) is 0 Å². The lowest BCUT2D eigenvalue weighted by molar-refractivity contribution is -0.150. The molecule has 6 heteroatoms. The fourth-order valence-corrected chi connectivity index (χ4v) is 6.68. The van der Waals surface area contributed by atoms with Gasteiger partial charge in [0.1, 0.15) is 6.10 Å². The number of rotatable bonds is 40. The Balaban J connectivity index is 4.09. The van der Waals surface area contributed by atoms with E-state index in [-0.39, 0.29) is 24.6 Å². The molecule has 49 heavy (non-hydrogen) atoms. The molecule has 0 aliphatic rings. The van der Waals surface area contributed by atoms with Crippen LogP contribution in [0.3, 0.4) is 0 Å². The summed E-state index contributed by atoms with van der Waals surface area (Å²) < 4.78 is 11.4. The van der Waals surface area contributed by atoms with Gasteiger partial charge >= 0.3 is 11.9 Å². The molecule has 0 fully saturated rings. The van der Waals surface area contributed by atoms with Crippen molar-refractivity contribution in [3.63, 3.8) is 0 Å². The third kappa shape index (κ3) is 36.5. The number of nitrogens with zero attached hydrogens (tertiary/aromatic N) is 1. The first-order valence-electron chi connectivity index (χ1n) is 21.8. The lowest BCUT2D eigenvalue weighted by atomic mass is 10.0. The molecule has 0 bridgehead atoms. The van der Waals surface area contributed by atoms with Crippen LogP contribution in [-0.2, 0) is 19.1 Å². The van der Waals surface area contributed by atoms with Crippen LogP contribution in [0.4, 0.5) is 0 Å². The van der Waals surface area contributed by atoms with Crippen molar-refractivity contribution in [1.82, 2.24) is 4.90 Å². The topological polar surface area (TPSA) is 76.1 Å². The predicted molar refractivity (Wildman–Crippen MR) is 209 cm³/mol. The fourth-order valence-electron chi connectivity index (χ4n) is 6.68. The Morgan fingerprint density at radius 3 is 1.35 bits per heavy atom. The van der Waals surface area contributed by atoms with Crippen molar-refractivity contribution in [3.8, 4) is 0 Å². The highest BCUT2D eigenvalue weighted by molar-refractivity contribution is 5.69. The molecule has 0 saturated heterocycles. The van der Waals surface area contributed by atoms with Crippen LogP contribution in [0.25, 0.3) is 0 Å². The van der Waals surface area contributed by atoms with Crippen molar-refractivity contribution in [2.24, 2.45) is 0 Å². The highest BCUT2D eigenvalue weighted by atomic mass is 16.5. The van der Waals surface area contributed by atoms with E-state index in [4.69, 9.17) is 9.47 Å². The minimum atomic E-state index is -0.0371. The van der Waals surface area contributed by atoms with Crippen LogP contribution in [0.5, 0.6) is 0 Å². The molecule has 0 spiro atoms. The number of aliphatic hydroxyl groups is 1. The van der Waals surface area contributed by atoms with Gasteiger partial charge in [0.05, 0.1) is 6.61 Å². The zero-order chi connectivity index (χ0) is 35.9. The Bertz CT molecular complexity index is 671. The molecule has 0 rings (SSSR count). The second-order valence-corrected chi connectivity index (χ2v) is 14.8. The summed E-state index contributed by atoms with van der Waals surface area (Å²) in [4.78, 5) is 27.2. The first kappa shape index (κ1) is 47.9. The average molecular weight is 696 g/mol. The molecule has 0 atom stereocenters. The van der Waals surface area contributed by atoms with Crippen molar-refractivity contribution in [1.29, 1.82) is 0 Å². The Morgan fingerprint density at radius 1 is 0.469 bits per heavy atom. The number of hydrogen-bond donors (Lipinski definition) is 1. The molecule has 0 unspecified atom stereocenters. The van der Waals surface area contributed by atoms with Crippen molar-refractivity contribution < 1.29 is 24.2 Å². The van der Waals surface area contributed by atoms with Crippen LogP contribution in [0, 0.1) is 0 Å². The van der Waals surface area contributed by atoms with Crippen LogP contribution >= 0.6 is 0 Å². The summed E-state index contributed by atoms with van der Waals surface area (Å²) in [5.41, 5.74) is 0. The normalized spacial score (nSPS) is 11.6. The molecule has 0 radical (unpaired) electrons. The van der Waals surface area contributed by atoms with E-state index in [1.165, 1.54) is 109 Å². The van der Waals surface area contributed by atoms with Crippen LogP contribution in [0.1, 0.15) is 226 Å².